The SMILES string of the molecule is C[C@H]1C(=O)N[C@@H](c2cccc(Cl)c2)[C@]2(C(=O)Nc3cc(Cl)ccc32)[C@H]1c1ccccc1. The smallest absolute Gasteiger partial charge is 0.238 e. The van der Waals surface area contributed by atoms with Crippen LogP contribution in [0.1, 0.15) is 35.6 Å². The van der Waals surface area contributed by atoms with E-state index in [1.54, 1.807) is 18.2 Å². The van der Waals surface area contributed by atoms with E-state index < -0.39 is 17.4 Å². The third-order valence-corrected chi connectivity index (χ3v) is 7.01. The molecule has 2 N–H and O–H groups in total. The number of benzene rings is 3. The number of hydrogen-bond donors (Lipinski definition) is 2. The van der Waals surface area contributed by atoms with E-state index in [-0.39, 0.29) is 17.7 Å². The normalized spacial score (nSPS) is 27.0. The Balaban J connectivity index is 1.84. The minimum atomic E-state index is -1.06. The first-order valence-electron chi connectivity index (χ1n) is 10.1. The molecule has 6 heteroatoms. The topological polar surface area (TPSA) is 58.2 Å². The van der Waals surface area contributed by atoms with Gasteiger partial charge < -0.3 is 10.6 Å². The van der Waals surface area contributed by atoms with Crippen LogP contribution in [-0.4, -0.2) is 11.8 Å². The van der Waals surface area contributed by atoms with Crippen molar-refractivity contribution in [2.24, 2.45) is 5.92 Å². The van der Waals surface area contributed by atoms with Crippen molar-refractivity contribution in [2.75, 3.05) is 5.32 Å². The molecule has 0 bridgehead atoms. The molecule has 2 amide bonds. The fraction of sp³-hybridized carbons (Fsp3) is 0.200. The Kier molecular flexibility index (Phi) is 4.80. The number of rotatable bonds is 2. The Hall–Kier alpha value is -2.82. The molecular weight excluding hydrogens is 431 g/mol. The number of anilines is 1. The van der Waals surface area contributed by atoms with Crippen molar-refractivity contribution in [1.29, 1.82) is 0 Å². The molecule has 4 atom stereocenters. The molecule has 1 spiro atoms. The summed E-state index contributed by atoms with van der Waals surface area (Å²) in [6.07, 6.45) is 0. The molecule has 0 unspecified atom stereocenters. The Morgan fingerprint density at radius 2 is 1.55 bits per heavy atom. The van der Waals surface area contributed by atoms with Gasteiger partial charge in [0.2, 0.25) is 11.8 Å². The Labute approximate surface area is 190 Å². The molecule has 31 heavy (non-hydrogen) atoms. The van der Waals surface area contributed by atoms with E-state index in [1.165, 1.54) is 0 Å². The molecule has 0 aromatic heterocycles. The lowest BCUT2D eigenvalue weighted by atomic mass is 9.56. The molecule has 1 fully saturated rings. The van der Waals surface area contributed by atoms with E-state index in [1.807, 2.05) is 61.5 Å². The molecule has 2 aliphatic rings. The summed E-state index contributed by atoms with van der Waals surface area (Å²) in [4.78, 5) is 27.0. The minimum absolute atomic E-state index is 0.0975. The highest BCUT2D eigenvalue weighted by molar-refractivity contribution is 6.31. The number of nitrogens with one attached hydrogen (secondary N) is 2. The van der Waals surface area contributed by atoms with Gasteiger partial charge in [-0.05, 0) is 41.0 Å². The second-order valence-corrected chi connectivity index (χ2v) is 9.06. The summed E-state index contributed by atoms with van der Waals surface area (Å²) in [6, 6.07) is 22.0. The van der Waals surface area contributed by atoms with Gasteiger partial charge in [0.15, 0.2) is 0 Å². The van der Waals surface area contributed by atoms with Gasteiger partial charge in [-0.2, -0.15) is 0 Å². The summed E-state index contributed by atoms with van der Waals surface area (Å²) in [5.74, 6) is -1.06. The van der Waals surface area contributed by atoms with Crippen molar-refractivity contribution in [3.05, 3.63) is 99.5 Å². The Morgan fingerprint density at radius 1 is 0.839 bits per heavy atom. The molecule has 0 saturated carbocycles. The van der Waals surface area contributed by atoms with Gasteiger partial charge in [-0.25, -0.2) is 0 Å². The number of piperidine rings is 1. The lowest BCUT2D eigenvalue weighted by Gasteiger charge is -2.49. The van der Waals surface area contributed by atoms with Crippen LogP contribution >= 0.6 is 23.2 Å². The van der Waals surface area contributed by atoms with Crippen LogP contribution in [0.5, 0.6) is 0 Å². The summed E-state index contributed by atoms with van der Waals surface area (Å²) in [5.41, 5.74) is 2.17. The molecule has 2 aliphatic heterocycles. The van der Waals surface area contributed by atoms with Gasteiger partial charge in [0.25, 0.3) is 0 Å². The average Bonchev–Trinajstić information content (AvgIpc) is 3.03. The van der Waals surface area contributed by atoms with E-state index in [4.69, 9.17) is 23.2 Å². The highest BCUT2D eigenvalue weighted by Gasteiger charge is 2.63. The van der Waals surface area contributed by atoms with Crippen molar-refractivity contribution < 1.29 is 9.59 Å². The quantitative estimate of drug-likeness (QED) is 0.543. The number of carbonyl (C=O) groups is 2. The van der Waals surface area contributed by atoms with Crippen molar-refractivity contribution in [3.63, 3.8) is 0 Å². The number of halogens is 2. The van der Waals surface area contributed by atoms with E-state index in [0.717, 1.165) is 16.7 Å². The number of carbonyl (C=O) groups excluding carboxylic acids is 2. The average molecular weight is 451 g/mol. The number of amides is 2. The van der Waals surface area contributed by atoms with Crippen molar-refractivity contribution in [2.45, 2.75) is 24.3 Å². The third-order valence-electron chi connectivity index (χ3n) is 6.54. The maximum absolute atomic E-state index is 13.9. The summed E-state index contributed by atoms with van der Waals surface area (Å²) >= 11 is 12.5. The molecule has 5 rings (SSSR count). The zero-order valence-corrected chi connectivity index (χ0v) is 18.2. The molecular formula is C25H20Cl2N2O2. The lowest BCUT2D eigenvalue weighted by molar-refractivity contribution is -0.135. The predicted molar refractivity (Wildman–Crippen MR) is 122 cm³/mol. The van der Waals surface area contributed by atoms with Crippen LogP contribution in [0.4, 0.5) is 5.69 Å². The second kappa shape index (κ2) is 7.40. The molecule has 1 saturated heterocycles. The standard InChI is InChI=1S/C25H20Cl2N2O2/c1-14-21(15-6-3-2-4-7-15)25(19-11-10-18(27)13-20(19)28-24(25)31)22(29-23(14)30)16-8-5-9-17(26)12-16/h2-14,21-22H,1H3,(H,28,31)(H,29,30)/t14-,21-,22+,25-/m1/s1. The van der Waals surface area contributed by atoms with Gasteiger partial charge in [-0.3, -0.25) is 9.59 Å². The minimum Gasteiger partial charge on any atom is -0.348 e. The maximum atomic E-state index is 13.9. The van der Waals surface area contributed by atoms with Crippen molar-refractivity contribution in [1.82, 2.24) is 5.32 Å². The van der Waals surface area contributed by atoms with Crippen LogP contribution in [0, 0.1) is 5.92 Å². The summed E-state index contributed by atoms with van der Waals surface area (Å²) in [6.45, 7) is 1.88. The van der Waals surface area contributed by atoms with Gasteiger partial charge >= 0.3 is 0 Å². The summed E-state index contributed by atoms with van der Waals surface area (Å²) in [5, 5.41) is 7.27. The van der Waals surface area contributed by atoms with E-state index >= 15 is 0 Å². The fourth-order valence-electron chi connectivity index (χ4n) is 5.28. The fourth-order valence-corrected chi connectivity index (χ4v) is 5.65. The van der Waals surface area contributed by atoms with E-state index in [9.17, 15) is 9.59 Å². The van der Waals surface area contributed by atoms with Crippen LogP contribution in [0.25, 0.3) is 0 Å². The molecule has 3 aromatic rings. The Bertz CT molecular complexity index is 1200. The van der Waals surface area contributed by atoms with Crippen LogP contribution in [-0.2, 0) is 15.0 Å². The van der Waals surface area contributed by atoms with Gasteiger partial charge in [0.05, 0.1) is 6.04 Å². The third kappa shape index (κ3) is 2.97. The predicted octanol–water partition coefficient (Wildman–Crippen LogP) is 5.47. The highest BCUT2D eigenvalue weighted by atomic mass is 35.5. The first kappa shape index (κ1) is 20.1. The highest BCUT2D eigenvalue weighted by Crippen LogP contribution is 2.58. The monoisotopic (exact) mass is 450 g/mol. The molecule has 4 nitrogen and oxygen atoms in total. The van der Waals surface area contributed by atoms with Gasteiger partial charge in [-0.1, -0.05) is 78.7 Å². The van der Waals surface area contributed by atoms with Gasteiger partial charge in [0, 0.05) is 27.6 Å². The molecule has 156 valence electrons. The Morgan fingerprint density at radius 3 is 2.29 bits per heavy atom. The largest absolute Gasteiger partial charge is 0.348 e. The van der Waals surface area contributed by atoms with Gasteiger partial charge in [0.1, 0.15) is 5.41 Å². The van der Waals surface area contributed by atoms with Crippen LogP contribution < -0.4 is 10.6 Å². The van der Waals surface area contributed by atoms with Crippen LogP contribution in [0.3, 0.4) is 0 Å². The molecule has 0 aliphatic carbocycles. The van der Waals surface area contributed by atoms with Crippen molar-refractivity contribution >= 4 is 40.7 Å². The summed E-state index contributed by atoms with van der Waals surface area (Å²) < 4.78 is 0. The van der Waals surface area contributed by atoms with E-state index in [2.05, 4.69) is 10.6 Å². The van der Waals surface area contributed by atoms with Gasteiger partial charge in [-0.15, -0.1) is 0 Å². The zero-order chi connectivity index (χ0) is 21.8. The second-order valence-electron chi connectivity index (χ2n) is 8.19. The summed E-state index contributed by atoms with van der Waals surface area (Å²) in [7, 11) is 0. The van der Waals surface area contributed by atoms with Crippen LogP contribution in [0.15, 0.2) is 72.8 Å². The van der Waals surface area contributed by atoms with Crippen LogP contribution in [0.2, 0.25) is 10.0 Å². The lowest BCUT2D eigenvalue weighted by Crippen LogP contribution is -2.60. The first-order valence-corrected chi connectivity index (χ1v) is 10.9. The number of hydrogen-bond acceptors (Lipinski definition) is 2. The number of fused-ring (bicyclic) bond motifs is 2. The molecule has 0 radical (unpaired) electrons. The van der Waals surface area contributed by atoms with Crippen molar-refractivity contribution in [3.8, 4) is 0 Å². The molecule has 2 heterocycles. The molecule has 3 aromatic carbocycles. The zero-order valence-electron chi connectivity index (χ0n) is 16.7. The maximum Gasteiger partial charge on any atom is 0.238 e. The first-order chi connectivity index (χ1) is 14.9. The van der Waals surface area contributed by atoms with E-state index in [0.29, 0.717) is 15.7 Å².